The van der Waals surface area contributed by atoms with Gasteiger partial charge in [-0.15, -0.1) is 11.8 Å². The van der Waals surface area contributed by atoms with Crippen LogP contribution < -0.4 is 10.6 Å². The summed E-state index contributed by atoms with van der Waals surface area (Å²) in [5.41, 5.74) is 0.0530. The molecule has 6 nitrogen and oxygen atoms in total. The number of amides is 2. The maximum atomic E-state index is 13.2. The van der Waals surface area contributed by atoms with Gasteiger partial charge in [-0.3, -0.25) is 9.59 Å². The molecule has 30 heavy (non-hydrogen) atoms. The molecule has 0 bridgehead atoms. The van der Waals surface area contributed by atoms with E-state index in [-0.39, 0.29) is 28.1 Å². The molecule has 10 heteroatoms. The van der Waals surface area contributed by atoms with Crippen LogP contribution in [0.2, 0.25) is 0 Å². The third-order valence-electron chi connectivity index (χ3n) is 4.50. The lowest BCUT2D eigenvalue weighted by molar-refractivity contribution is -0.137. The molecule has 2 aromatic carbocycles. The van der Waals surface area contributed by atoms with Gasteiger partial charge >= 0.3 is 6.18 Å². The van der Waals surface area contributed by atoms with Crippen LogP contribution in [-0.4, -0.2) is 26.8 Å². The Balaban J connectivity index is 1.67. The summed E-state index contributed by atoms with van der Waals surface area (Å²) in [5.74, 6) is -0.785. The summed E-state index contributed by atoms with van der Waals surface area (Å²) in [5, 5.41) is 9.04. The molecule has 4 rings (SSSR count). The predicted molar refractivity (Wildman–Crippen MR) is 107 cm³/mol. The Hall–Kier alpha value is -3.27. The van der Waals surface area contributed by atoms with Gasteiger partial charge in [0.15, 0.2) is 0 Å². The molecule has 1 aliphatic rings. The largest absolute Gasteiger partial charge is 0.416 e. The van der Waals surface area contributed by atoms with Gasteiger partial charge in [0.1, 0.15) is 0 Å². The number of carbonyl (C=O) groups excluding carboxylic acids is 2. The SMILES string of the molecule is C[C@H]1Sc2ccc(C(=O)Nc3cc(C(F)(F)F)ccc3-n3cccn3)cc2NC1=O. The Morgan fingerprint density at radius 3 is 2.73 bits per heavy atom. The van der Waals surface area contributed by atoms with Crippen molar-refractivity contribution in [3.05, 3.63) is 66.0 Å². The number of hydrogen-bond acceptors (Lipinski definition) is 4. The molecule has 3 aromatic rings. The fourth-order valence-electron chi connectivity index (χ4n) is 2.97. The predicted octanol–water partition coefficient (Wildman–Crippen LogP) is 4.58. The molecule has 0 radical (unpaired) electrons. The summed E-state index contributed by atoms with van der Waals surface area (Å²) in [6.45, 7) is 1.77. The first-order valence-corrected chi connectivity index (χ1v) is 9.74. The minimum absolute atomic E-state index is 0.0386. The van der Waals surface area contributed by atoms with Crippen LogP contribution in [0.15, 0.2) is 59.8 Å². The van der Waals surface area contributed by atoms with Gasteiger partial charge in [0.2, 0.25) is 5.91 Å². The van der Waals surface area contributed by atoms with Crippen LogP contribution in [0, 0.1) is 0 Å². The number of alkyl halides is 3. The summed E-state index contributed by atoms with van der Waals surface area (Å²) >= 11 is 1.37. The van der Waals surface area contributed by atoms with E-state index in [9.17, 15) is 22.8 Å². The van der Waals surface area contributed by atoms with Gasteiger partial charge < -0.3 is 10.6 Å². The monoisotopic (exact) mass is 432 g/mol. The second kappa shape index (κ2) is 7.52. The van der Waals surface area contributed by atoms with Crippen LogP contribution in [-0.2, 0) is 11.0 Å². The van der Waals surface area contributed by atoms with E-state index in [1.54, 1.807) is 31.3 Å². The average Bonchev–Trinajstić information content (AvgIpc) is 3.22. The Labute approximate surface area is 173 Å². The number of aromatic nitrogens is 2. The standard InChI is InChI=1S/C20H15F3N4O2S/c1-11-18(28)26-15-9-12(3-6-17(15)30-11)19(29)25-14-10-13(20(21,22)23)4-5-16(14)27-8-2-7-24-27/h2-11H,1H3,(H,25,29)(H,26,28)/t11-/m1/s1. The number of rotatable bonds is 3. The molecule has 0 fully saturated rings. The minimum Gasteiger partial charge on any atom is -0.324 e. The molecular formula is C20H15F3N4O2S. The fourth-order valence-corrected chi connectivity index (χ4v) is 3.90. The maximum Gasteiger partial charge on any atom is 0.416 e. The van der Waals surface area contributed by atoms with E-state index >= 15 is 0 Å². The lowest BCUT2D eigenvalue weighted by Gasteiger charge is -2.22. The molecule has 2 N–H and O–H groups in total. The van der Waals surface area contributed by atoms with Crippen LogP contribution in [0.1, 0.15) is 22.8 Å². The highest BCUT2D eigenvalue weighted by Gasteiger charge is 2.31. The highest BCUT2D eigenvalue weighted by Crippen LogP contribution is 2.37. The van der Waals surface area contributed by atoms with E-state index < -0.39 is 17.6 Å². The van der Waals surface area contributed by atoms with Crippen molar-refractivity contribution in [2.24, 2.45) is 0 Å². The second-order valence-electron chi connectivity index (χ2n) is 6.59. The number of halogens is 3. The number of anilines is 2. The van der Waals surface area contributed by atoms with Crippen LogP contribution in [0.25, 0.3) is 5.69 Å². The number of hydrogen-bond donors (Lipinski definition) is 2. The lowest BCUT2D eigenvalue weighted by atomic mass is 10.1. The quantitative estimate of drug-likeness (QED) is 0.636. The number of nitrogens with zero attached hydrogens (tertiary/aromatic N) is 2. The Bertz CT molecular complexity index is 1130. The number of nitrogens with one attached hydrogen (secondary N) is 2. The van der Waals surface area contributed by atoms with Gasteiger partial charge in [0, 0.05) is 22.9 Å². The van der Waals surface area contributed by atoms with Crippen molar-refractivity contribution in [1.29, 1.82) is 0 Å². The Morgan fingerprint density at radius 2 is 2.03 bits per heavy atom. The summed E-state index contributed by atoms with van der Waals surface area (Å²) in [6.07, 6.45) is -1.52. The normalized spacial score (nSPS) is 16.0. The summed E-state index contributed by atoms with van der Waals surface area (Å²) in [6, 6.07) is 9.43. The van der Waals surface area contributed by atoms with Crippen LogP contribution in [0.5, 0.6) is 0 Å². The summed E-state index contributed by atoms with van der Waals surface area (Å²) in [4.78, 5) is 25.5. The fraction of sp³-hybridized carbons (Fsp3) is 0.150. The van der Waals surface area contributed by atoms with Gasteiger partial charge in [0.05, 0.1) is 27.9 Å². The molecule has 1 aromatic heterocycles. The van der Waals surface area contributed by atoms with E-state index in [1.165, 1.54) is 34.8 Å². The molecule has 2 heterocycles. The minimum atomic E-state index is -4.56. The molecule has 0 unspecified atom stereocenters. The first-order chi connectivity index (χ1) is 14.2. The second-order valence-corrected chi connectivity index (χ2v) is 7.98. The van der Waals surface area contributed by atoms with E-state index in [0.29, 0.717) is 5.69 Å². The smallest absolute Gasteiger partial charge is 0.324 e. The van der Waals surface area contributed by atoms with E-state index in [1.807, 2.05) is 0 Å². The third kappa shape index (κ3) is 3.90. The molecule has 2 amide bonds. The molecule has 0 aliphatic carbocycles. The highest BCUT2D eigenvalue weighted by atomic mass is 32.2. The highest BCUT2D eigenvalue weighted by molar-refractivity contribution is 8.00. The molecular weight excluding hydrogens is 417 g/mol. The molecule has 0 spiro atoms. The van der Waals surface area contributed by atoms with Crippen molar-refractivity contribution in [3.8, 4) is 5.69 Å². The molecule has 154 valence electrons. The van der Waals surface area contributed by atoms with Crippen molar-refractivity contribution in [2.45, 2.75) is 23.2 Å². The topological polar surface area (TPSA) is 76.0 Å². The van der Waals surface area contributed by atoms with Gasteiger partial charge in [0.25, 0.3) is 5.91 Å². The van der Waals surface area contributed by atoms with Crippen molar-refractivity contribution in [3.63, 3.8) is 0 Å². The number of benzene rings is 2. The van der Waals surface area contributed by atoms with E-state index in [4.69, 9.17) is 0 Å². The summed E-state index contributed by atoms with van der Waals surface area (Å²) in [7, 11) is 0. The van der Waals surface area contributed by atoms with Crippen molar-refractivity contribution in [1.82, 2.24) is 9.78 Å². The molecule has 0 saturated heterocycles. The van der Waals surface area contributed by atoms with Gasteiger partial charge in [-0.2, -0.15) is 18.3 Å². The number of thioether (sulfide) groups is 1. The molecule has 0 saturated carbocycles. The first-order valence-electron chi connectivity index (χ1n) is 8.86. The van der Waals surface area contributed by atoms with Crippen molar-refractivity contribution >= 4 is 35.0 Å². The summed E-state index contributed by atoms with van der Waals surface area (Å²) < 4.78 is 40.9. The average molecular weight is 432 g/mol. The van der Waals surface area contributed by atoms with Crippen LogP contribution in [0.3, 0.4) is 0 Å². The van der Waals surface area contributed by atoms with Crippen LogP contribution in [0.4, 0.5) is 24.5 Å². The number of carbonyl (C=O) groups is 2. The zero-order chi connectivity index (χ0) is 21.5. The maximum absolute atomic E-state index is 13.2. The van der Waals surface area contributed by atoms with E-state index in [0.717, 1.165) is 17.0 Å². The first kappa shape index (κ1) is 20.0. The zero-order valence-electron chi connectivity index (χ0n) is 15.5. The van der Waals surface area contributed by atoms with Gasteiger partial charge in [-0.1, -0.05) is 0 Å². The van der Waals surface area contributed by atoms with Crippen LogP contribution >= 0.6 is 11.8 Å². The Kier molecular flexibility index (Phi) is 5.02. The molecule has 1 aliphatic heterocycles. The van der Waals surface area contributed by atoms with E-state index in [2.05, 4.69) is 15.7 Å². The van der Waals surface area contributed by atoms with Gasteiger partial charge in [-0.25, -0.2) is 4.68 Å². The van der Waals surface area contributed by atoms with Crippen molar-refractivity contribution < 1.29 is 22.8 Å². The third-order valence-corrected chi connectivity index (χ3v) is 5.67. The van der Waals surface area contributed by atoms with Gasteiger partial charge in [-0.05, 0) is 49.4 Å². The number of fused-ring (bicyclic) bond motifs is 1. The Morgan fingerprint density at radius 1 is 1.23 bits per heavy atom. The lowest BCUT2D eigenvalue weighted by Crippen LogP contribution is -2.26. The zero-order valence-corrected chi connectivity index (χ0v) is 16.3. The van der Waals surface area contributed by atoms with Crippen molar-refractivity contribution in [2.75, 3.05) is 10.6 Å². The molecule has 1 atom stereocenters.